The summed E-state index contributed by atoms with van der Waals surface area (Å²) in [7, 11) is 0. The first-order chi connectivity index (χ1) is 9.67. The molecule has 1 aromatic carbocycles. The van der Waals surface area contributed by atoms with Gasteiger partial charge in [0.05, 0.1) is 12.6 Å². The highest BCUT2D eigenvalue weighted by Gasteiger charge is 2.30. The predicted octanol–water partition coefficient (Wildman–Crippen LogP) is 3.21. The molecule has 1 atom stereocenters. The smallest absolute Gasteiger partial charge is 0.124 e. The summed E-state index contributed by atoms with van der Waals surface area (Å²) in [6.07, 6.45) is 2.74. The fraction of sp³-hybridized carbons (Fsp3) is 0.647. The lowest BCUT2D eigenvalue weighted by molar-refractivity contribution is 0.146. The van der Waals surface area contributed by atoms with Crippen molar-refractivity contribution in [3.05, 3.63) is 29.8 Å². The quantitative estimate of drug-likeness (QED) is 0.792. The molecule has 20 heavy (non-hydrogen) atoms. The van der Waals surface area contributed by atoms with Gasteiger partial charge in [0.1, 0.15) is 5.75 Å². The first-order valence-corrected chi connectivity index (χ1v) is 7.84. The minimum absolute atomic E-state index is 0.248. The van der Waals surface area contributed by atoms with E-state index in [0.717, 1.165) is 18.2 Å². The Morgan fingerprint density at radius 3 is 2.55 bits per heavy atom. The highest BCUT2D eigenvalue weighted by molar-refractivity contribution is 5.36. The van der Waals surface area contributed by atoms with Crippen molar-refractivity contribution in [3.8, 4) is 5.75 Å². The minimum atomic E-state index is 0.248. The minimum Gasteiger partial charge on any atom is -0.494 e. The van der Waals surface area contributed by atoms with Crippen molar-refractivity contribution in [1.29, 1.82) is 0 Å². The number of nitrogens with two attached hydrogens (primary N) is 1. The van der Waals surface area contributed by atoms with E-state index in [4.69, 9.17) is 10.5 Å². The van der Waals surface area contributed by atoms with Crippen LogP contribution in [0.25, 0.3) is 0 Å². The fourth-order valence-electron chi connectivity index (χ4n) is 2.78. The van der Waals surface area contributed by atoms with Crippen LogP contribution in [0.4, 0.5) is 0 Å². The Balaban J connectivity index is 2.24. The van der Waals surface area contributed by atoms with E-state index < -0.39 is 0 Å². The molecule has 0 heterocycles. The molecule has 1 aliphatic rings. The van der Waals surface area contributed by atoms with Crippen LogP contribution in [0.3, 0.4) is 0 Å². The average Bonchev–Trinajstić information content (AvgIpc) is 3.24. The van der Waals surface area contributed by atoms with Crippen LogP contribution in [0.1, 0.15) is 45.2 Å². The van der Waals surface area contributed by atoms with E-state index in [1.807, 2.05) is 13.0 Å². The number of benzene rings is 1. The summed E-state index contributed by atoms with van der Waals surface area (Å²) in [6, 6.07) is 9.07. The van der Waals surface area contributed by atoms with Crippen molar-refractivity contribution in [2.24, 2.45) is 11.7 Å². The van der Waals surface area contributed by atoms with E-state index >= 15 is 0 Å². The Hall–Kier alpha value is -1.06. The Bertz CT molecular complexity index is 415. The van der Waals surface area contributed by atoms with Gasteiger partial charge in [0.25, 0.3) is 0 Å². The van der Waals surface area contributed by atoms with E-state index in [-0.39, 0.29) is 6.04 Å². The maximum atomic E-state index is 6.11. The number of hydrogen-bond donors (Lipinski definition) is 1. The molecule has 3 heteroatoms. The second kappa shape index (κ2) is 7.09. The number of para-hydroxylation sites is 1. The van der Waals surface area contributed by atoms with Gasteiger partial charge < -0.3 is 10.5 Å². The zero-order valence-corrected chi connectivity index (χ0v) is 13.0. The number of nitrogens with zero attached hydrogens (tertiary/aromatic N) is 1. The summed E-state index contributed by atoms with van der Waals surface area (Å²) in [5.74, 6) is 1.85. The summed E-state index contributed by atoms with van der Waals surface area (Å²) in [5, 5.41) is 0. The third-order valence-corrected chi connectivity index (χ3v) is 4.03. The molecule has 0 aromatic heterocycles. The van der Waals surface area contributed by atoms with Gasteiger partial charge in [-0.15, -0.1) is 0 Å². The van der Waals surface area contributed by atoms with Crippen LogP contribution in [0.5, 0.6) is 5.75 Å². The second-order valence-electron chi connectivity index (χ2n) is 5.96. The topological polar surface area (TPSA) is 38.5 Å². The van der Waals surface area contributed by atoms with Gasteiger partial charge >= 0.3 is 0 Å². The zero-order chi connectivity index (χ0) is 14.5. The van der Waals surface area contributed by atoms with Crippen LogP contribution >= 0.6 is 0 Å². The van der Waals surface area contributed by atoms with E-state index in [9.17, 15) is 0 Å². The van der Waals surface area contributed by atoms with Crippen LogP contribution < -0.4 is 10.5 Å². The molecule has 112 valence electrons. The molecular formula is C17H28N2O. The van der Waals surface area contributed by atoms with Crippen LogP contribution in [-0.4, -0.2) is 30.6 Å². The number of ether oxygens (including phenoxy) is 1. The molecule has 2 rings (SSSR count). The molecule has 1 aromatic rings. The van der Waals surface area contributed by atoms with Crippen molar-refractivity contribution in [1.82, 2.24) is 4.90 Å². The molecule has 0 radical (unpaired) electrons. The molecule has 0 saturated heterocycles. The Labute approximate surface area is 123 Å². The van der Waals surface area contributed by atoms with Crippen molar-refractivity contribution in [2.45, 2.75) is 45.7 Å². The van der Waals surface area contributed by atoms with Crippen LogP contribution in [0, 0.1) is 5.92 Å². The zero-order valence-electron chi connectivity index (χ0n) is 13.0. The Morgan fingerprint density at radius 2 is 2.00 bits per heavy atom. The monoisotopic (exact) mass is 276 g/mol. The number of hydrogen-bond acceptors (Lipinski definition) is 3. The Kier molecular flexibility index (Phi) is 5.44. The van der Waals surface area contributed by atoms with Crippen molar-refractivity contribution < 1.29 is 4.74 Å². The molecule has 1 fully saturated rings. The standard InChI is InChI=1S/C17H28N2O/c1-4-20-17-8-6-5-7-15(17)16(11-18)19(13(2)3)12-14-9-10-14/h5-8,13-14,16H,4,9-12,18H2,1-3H3. The van der Waals surface area contributed by atoms with Gasteiger partial charge in [-0.2, -0.15) is 0 Å². The summed E-state index contributed by atoms with van der Waals surface area (Å²) in [6.45, 7) is 9.02. The molecule has 0 spiro atoms. The third kappa shape index (κ3) is 3.74. The Morgan fingerprint density at radius 1 is 1.30 bits per heavy atom. The highest BCUT2D eigenvalue weighted by Crippen LogP contribution is 2.35. The first-order valence-electron chi connectivity index (χ1n) is 7.84. The largest absolute Gasteiger partial charge is 0.494 e. The van der Waals surface area contributed by atoms with Crippen LogP contribution in [0.15, 0.2) is 24.3 Å². The van der Waals surface area contributed by atoms with E-state index in [1.54, 1.807) is 0 Å². The molecule has 1 aliphatic carbocycles. The van der Waals surface area contributed by atoms with Crippen molar-refractivity contribution >= 4 is 0 Å². The maximum Gasteiger partial charge on any atom is 0.124 e. The van der Waals surface area contributed by atoms with Gasteiger partial charge in [-0.1, -0.05) is 18.2 Å². The molecule has 0 bridgehead atoms. The lowest BCUT2D eigenvalue weighted by Gasteiger charge is -2.35. The van der Waals surface area contributed by atoms with Gasteiger partial charge in [0, 0.05) is 24.7 Å². The van der Waals surface area contributed by atoms with Crippen LogP contribution in [0.2, 0.25) is 0 Å². The number of rotatable bonds is 8. The van der Waals surface area contributed by atoms with Gasteiger partial charge in [-0.3, -0.25) is 4.90 Å². The predicted molar refractivity (Wildman–Crippen MR) is 84.0 cm³/mol. The molecular weight excluding hydrogens is 248 g/mol. The summed E-state index contributed by atoms with van der Waals surface area (Å²) in [4.78, 5) is 2.54. The second-order valence-corrected chi connectivity index (χ2v) is 5.96. The molecule has 3 nitrogen and oxygen atoms in total. The SMILES string of the molecule is CCOc1ccccc1C(CN)N(CC1CC1)C(C)C. The van der Waals surface area contributed by atoms with Crippen molar-refractivity contribution in [3.63, 3.8) is 0 Å². The van der Waals surface area contributed by atoms with Gasteiger partial charge in [-0.25, -0.2) is 0 Å². The maximum absolute atomic E-state index is 6.11. The lowest BCUT2D eigenvalue weighted by atomic mass is 10.0. The fourth-order valence-corrected chi connectivity index (χ4v) is 2.78. The van der Waals surface area contributed by atoms with E-state index in [1.165, 1.54) is 18.4 Å². The lowest BCUT2D eigenvalue weighted by Crippen LogP contribution is -2.40. The van der Waals surface area contributed by atoms with Gasteiger partial charge in [-0.05, 0) is 45.6 Å². The molecule has 0 amide bonds. The van der Waals surface area contributed by atoms with E-state index in [0.29, 0.717) is 19.2 Å². The normalized spacial score (nSPS) is 16.7. The molecule has 0 aliphatic heterocycles. The average molecular weight is 276 g/mol. The first kappa shape index (κ1) is 15.3. The summed E-state index contributed by atoms with van der Waals surface area (Å²) in [5.41, 5.74) is 7.34. The molecule has 1 unspecified atom stereocenters. The van der Waals surface area contributed by atoms with E-state index in [2.05, 4.69) is 36.9 Å². The van der Waals surface area contributed by atoms with Crippen molar-refractivity contribution in [2.75, 3.05) is 19.7 Å². The third-order valence-electron chi connectivity index (χ3n) is 4.03. The molecule has 2 N–H and O–H groups in total. The molecule has 1 saturated carbocycles. The van der Waals surface area contributed by atoms with Gasteiger partial charge in [0.15, 0.2) is 0 Å². The van der Waals surface area contributed by atoms with Gasteiger partial charge in [0.2, 0.25) is 0 Å². The summed E-state index contributed by atoms with van der Waals surface area (Å²) >= 11 is 0. The summed E-state index contributed by atoms with van der Waals surface area (Å²) < 4.78 is 5.79. The highest BCUT2D eigenvalue weighted by atomic mass is 16.5. The van der Waals surface area contributed by atoms with Crippen LogP contribution in [-0.2, 0) is 0 Å².